The van der Waals surface area contributed by atoms with Crippen LogP contribution < -0.4 is 10.2 Å². The molecule has 1 fully saturated rings. The molecule has 2 aromatic heterocycles. The van der Waals surface area contributed by atoms with Crippen molar-refractivity contribution in [3.63, 3.8) is 0 Å². The Balaban J connectivity index is 1.93. The van der Waals surface area contributed by atoms with E-state index in [0.29, 0.717) is 0 Å². The fourth-order valence-corrected chi connectivity index (χ4v) is 2.94. The van der Waals surface area contributed by atoms with Crippen LogP contribution in [0.25, 0.3) is 5.65 Å². The molecule has 0 aromatic carbocycles. The van der Waals surface area contributed by atoms with Crippen molar-refractivity contribution in [3.05, 3.63) is 18.6 Å². The highest BCUT2D eigenvalue weighted by Crippen LogP contribution is 2.25. The van der Waals surface area contributed by atoms with Gasteiger partial charge in [-0.15, -0.1) is 0 Å². The Hall–Kier alpha value is -1.78. The Kier molecular flexibility index (Phi) is 4.27. The molecule has 0 aliphatic carbocycles. The maximum absolute atomic E-state index is 4.83. The van der Waals surface area contributed by atoms with Crippen molar-refractivity contribution >= 4 is 17.3 Å². The normalized spacial score (nSPS) is 19.7. The van der Waals surface area contributed by atoms with Crippen molar-refractivity contribution in [2.75, 3.05) is 29.9 Å². The van der Waals surface area contributed by atoms with Crippen LogP contribution in [0.5, 0.6) is 0 Å². The lowest BCUT2D eigenvalue weighted by Gasteiger charge is -2.22. The number of fused-ring (bicyclic) bond motifs is 1. The molecule has 2 aromatic rings. The zero-order valence-corrected chi connectivity index (χ0v) is 13.0. The number of imidazole rings is 1. The minimum atomic E-state index is 0.812. The van der Waals surface area contributed by atoms with Gasteiger partial charge in [0.2, 0.25) is 0 Å². The standard InChI is InChI=1S/C16H25N5/c1-3-7-17-14-12-21-11-8-18-15(21)16(19-14)20-9-4-5-13(2)6-10-20/h8,11-13,17H,3-7,9-10H2,1-2H3. The van der Waals surface area contributed by atoms with E-state index in [2.05, 4.69) is 33.4 Å². The lowest BCUT2D eigenvalue weighted by molar-refractivity contribution is 0.521. The summed E-state index contributed by atoms with van der Waals surface area (Å²) < 4.78 is 2.08. The SMILES string of the molecule is CCCNc1cn2ccnc2c(N2CCCC(C)CC2)n1. The summed E-state index contributed by atoms with van der Waals surface area (Å²) in [4.78, 5) is 11.7. The van der Waals surface area contributed by atoms with Crippen molar-refractivity contribution in [1.82, 2.24) is 14.4 Å². The first-order valence-electron chi connectivity index (χ1n) is 8.10. The van der Waals surface area contributed by atoms with Gasteiger partial charge in [-0.3, -0.25) is 0 Å². The van der Waals surface area contributed by atoms with Gasteiger partial charge in [0.15, 0.2) is 11.5 Å². The maximum Gasteiger partial charge on any atom is 0.180 e. The van der Waals surface area contributed by atoms with Gasteiger partial charge in [0, 0.05) is 32.0 Å². The topological polar surface area (TPSA) is 45.5 Å². The van der Waals surface area contributed by atoms with Crippen LogP contribution in [-0.2, 0) is 0 Å². The number of aromatic nitrogens is 3. The van der Waals surface area contributed by atoms with E-state index in [0.717, 1.165) is 49.3 Å². The van der Waals surface area contributed by atoms with Crippen LogP contribution in [0, 0.1) is 5.92 Å². The molecule has 0 spiro atoms. The van der Waals surface area contributed by atoms with Gasteiger partial charge in [0.1, 0.15) is 5.82 Å². The Morgan fingerprint density at radius 2 is 2.24 bits per heavy atom. The summed E-state index contributed by atoms with van der Waals surface area (Å²) in [6, 6.07) is 0. The summed E-state index contributed by atoms with van der Waals surface area (Å²) in [6.45, 7) is 7.62. The average Bonchev–Trinajstić information content (AvgIpc) is 2.86. The summed E-state index contributed by atoms with van der Waals surface area (Å²) in [5, 5.41) is 3.39. The Labute approximate surface area is 126 Å². The number of rotatable bonds is 4. The zero-order chi connectivity index (χ0) is 14.7. The van der Waals surface area contributed by atoms with Crippen LogP contribution in [0.1, 0.15) is 39.5 Å². The third-order valence-corrected chi connectivity index (χ3v) is 4.23. The smallest absolute Gasteiger partial charge is 0.180 e. The highest BCUT2D eigenvalue weighted by atomic mass is 15.2. The van der Waals surface area contributed by atoms with E-state index < -0.39 is 0 Å². The molecular weight excluding hydrogens is 262 g/mol. The van der Waals surface area contributed by atoms with E-state index in [9.17, 15) is 0 Å². The molecule has 0 amide bonds. The van der Waals surface area contributed by atoms with Crippen molar-refractivity contribution in [1.29, 1.82) is 0 Å². The number of nitrogens with zero attached hydrogens (tertiary/aromatic N) is 4. The van der Waals surface area contributed by atoms with E-state index in [1.807, 2.05) is 18.6 Å². The summed E-state index contributed by atoms with van der Waals surface area (Å²) in [6.07, 6.45) is 10.8. The van der Waals surface area contributed by atoms with Crippen molar-refractivity contribution in [2.45, 2.75) is 39.5 Å². The van der Waals surface area contributed by atoms with Crippen LogP contribution >= 0.6 is 0 Å². The van der Waals surface area contributed by atoms with E-state index >= 15 is 0 Å². The van der Waals surface area contributed by atoms with Gasteiger partial charge in [-0.25, -0.2) is 9.97 Å². The monoisotopic (exact) mass is 287 g/mol. The van der Waals surface area contributed by atoms with E-state index in [1.165, 1.54) is 19.3 Å². The lowest BCUT2D eigenvalue weighted by Crippen LogP contribution is -2.26. The van der Waals surface area contributed by atoms with Crippen LogP contribution in [0.4, 0.5) is 11.6 Å². The predicted octanol–water partition coefficient (Wildman–Crippen LogP) is 3.18. The molecule has 114 valence electrons. The largest absolute Gasteiger partial charge is 0.369 e. The van der Waals surface area contributed by atoms with Gasteiger partial charge >= 0.3 is 0 Å². The second kappa shape index (κ2) is 6.33. The summed E-state index contributed by atoms with van der Waals surface area (Å²) in [5.41, 5.74) is 0.964. The van der Waals surface area contributed by atoms with Crippen molar-refractivity contribution < 1.29 is 0 Å². The molecule has 3 heterocycles. The number of hydrogen-bond donors (Lipinski definition) is 1. The van der Waals surface area contributed by atoms with Crippen LogP contribution in [0.2, 0.25) is 0 Å². The first-order chi connectivity index (χ1) is 10.3. The van der Waals surface area contributed by atoms with Crippen molar-refractivity contribution in [2.24, 2.45) is 5.92 Å². The molecule has 1 aliphatic heterocycles. The molecule has 1 saturated heterocycles. The third kappa shape index (κ3) is 3.12. The molecule has 5 heteroatoms. The van der Waals surface area contributed by atoms with Gasteiger partial charge in [-0.05, 0) is 31.6 Å². The maximum atomic E-state index is 4.83. The van der Waals surface area contributed by atoms with Crippen LogP contribution in [0.3, 0.4) is 0 Å². The van der Waals surface area contributed by atoms with E-state index in [-0.39, 0.29) is 0 Å². The molecule has 1 aliphatic rings. The first kappa shape index (κ1) is 14.2. The predicted molar refractivity (Wildman–Crippen MR) is 87.0 cm³/mol. The lowest BCUT2D eigenvalue weighted by atomic mass is 10.0. The summed E-state index contributed by atoms with van der Waals surface area (Å²) in [5.74, 6) is 2.78. The molecule has 1 N–H and O–H groups in total. The number of hydrogen-bond acceptors (Lipinski definition) is 4. The van der Waals surface area contributed by atoms with Gasteiger partial charge in [0.05, 0.1) is 6.20 Å². The summed E-state index contributed by atoms with van der Waals surface area (Å²) in [7, 11) is 0. The highest BCUT2D eigenvalue weighted by Gasteiger charge is 2.19. The summed E-state index contributed by atoms with van der Waals surface area (Å²) >= 11 is 0. The Morgan fingerprint density at radius 1 is 1.33 bits per heavy atom. The van der Waals surface area contributed by atoms with Crippen LogP contribution in [0.15, 0.2) is 18.6 Å². The minimum absolute atomic E-state index is 0.812. The minimum Gasteiger partial charge on any atom is -0.369 e. The fraction of sp³-hybridized carbons (Fsp3) is 0.625. The first-order valence-corrected chi connectivity index (χ1v) is 8.10. The molecule has 3 rings (SSSR count). The molecule has 1 unspecified atom stereocenters. The van der Waals surface area contributed by atoms with Gasteiger partial charge in [0.25, 0.3) is 0 Å². The van der Waals surface area contributed by atoms with Gasteiger partial charge in [-0.2, -0.15) is 0 Å². The quantitative estimate of drug-likeness (QED) is 0.938. The average molecular weight is 287 g/mol. The highest BCUT2D eigenvalue weighted by molar-refractivity contribution is 5.66. The zero-order valence-electron chi connectivity index (χ0n) is 13.0. The molecule has 1 atom stereocenters. The molecule has 5 nitrogen and oxygen atoms in total. The molecule has 0 saturated carbocycles. The molecule has 0 bridgehead atoms. The van der Waals surface area contributed by atoms with Gasteiger partial charge < -0.3 is 14.6 Å². The molecule has 0 radical (unpaired) electrons. The Bertz CT molecular complexity index is 591. The van der Waals surface area contributed by atoms with Gasteiger partial charge in [-0.1, -0.05) is 13.8 Å². The third-order valence-electron chi connectivity index (χ3n) is 4.23. The van der Waals surface area contributed by atoms with E-state index in [4.69, 9.17) is 4.98 Å². The fourth-order valence-electron chi connectivity index (χ4n) is 2.94. The molecular formula is C16H25N5. The Morgan fingerprint density at radius 3 is 3.10 bits per heavy atom. The van der Waals surface area contributed by atoms with Crippen molar-refractivity contribution in [3.8, 4) is 0 Å². The number of nitrogens with one attached hydrogen (secondary N) is 1. The van der Waals surface area contributed by atoms with Crippen LogP contribution in [-0.4, -0.2) is 34.0 Å². The number of anilines is 2. The second-order valence-corrected chi connectivity index (χ2v) is 6.06. The van der Waals surface area contributed by atoms with E-state index in [1.54, 1.807) is 0 Å². The second-order valence-electron chi connectivity index (χ2n) is 6.06. The molecule has 21 heavy (non-hydrogen) atoms.